The topological polar surface area (TPSA) is 88.4 Å². The zero-order valence-corrected chi connectivity index (χ0v) is 16.8. The van der Waals surface area contributed by atoms with Gasteiger partial charge in [0, 0.05) is 23.6 Å². The molecule has 0 fully saturated rings. The summed E-state index contributed by atoms with van der Waals surface area (Å²) in [6, 6.07) is 15.3. The van der Waals surface area contributed by atoms with Gasteiger partial charge in [-0.25, -0.2) is 4.52 Å². The van der Waals surface area contributed by atoms with Crippen LogP contribution in [0.3, 0.4) is 0 Å². The van der Waals surface area contributed by atoms with Gasteiger partial charge >= 0.3 is 0 Å². The largest absolute Gasteiger partial charge is 0.326 e. The maximum atomic E-state index is 12.4. The van der Waals surface area contributed by atoms with Crippen molar-refractivity contribution < 1.29 is 9.59 Å². The van der Waals surface area contributed by atoms with Crippen LogP contribution in [0.15, 0.2) is 53.9 Å². The second-order valence-electron chi connectivity index (χ2n) is 6.72. The van der Waals surface area contributed by atoms with Crippen LogP contribution in [0, 0.1) is 6.92 Å². The van der Waals surface area contributed by atoms with Crippen LogP contribution in [0.4, 0.5) is 11.6 Å². The van der Waals surface area contributed by atoms with E-state index in [1.54, 1.807) is 28.8 Å². The number of hydrogen-bond donors (Lipinski definition) is 2. The second kappa shape index (κ2) is 7.84. The number of rotatable bonds is 5. The summed E-state index contributed by atoms with van der Waals surface area (Å²) in [6.45, 7) is 3.50. The molecule has 0 aliphatic carbocycles. The van der Waals surface area contributed by atoms with E-state index >= 15 is 0 Å². The third-order valence-electron chi connectivity index (χ3n) is 4.32. The highest BCUT2D eigenvalue weighted by molar-refractivity contribution is 7.15. The van der Waals surface area contributed by atoms with Crippen molar-refractivity contribution in [2.75, 3.05) is 10.6 Å². The third-order valence-corrected chi connectivity index (χ3v) is 5.14. The highest BCUT2D eigenvalue weighted by Gasteiger charge is 2.13. The van der Waals surface area contributed by atoms with Crippen molar-refractivity contribution >= 4 is 39.7 Å². The van der Waals surface area contributed by atoms with E-state index in [9.17, 15) is 9.59 Å². The normalized spacial score (nSPS) is 10.8. The average Bonchev–Trinajstić information content (AvgIpc) is 3.24. The Bertz CT molecular complexity index is 1180. The van der Waals surface area contributed by atoms with Crippen LogP contribution in [0.25, 0.3) is 16.2 Å². The molecule has 29 heavy (non-hydrogen) atoms. The molecule has 0 atom stereocenters. The van der Waals surface area contributed by atoms with Gasteiger partial charge in [0.2, 0.25) is 22.7 Å². The molecular formula is C21H19N5O2S. The molecule has 0 aliphatic heterocycles. The minimum atomic E-state index is -0.201. The number of anilines is 2. The van der Waals surface area contributed by atoms with E-state index in [4.69, 9.17) is 0 Å². The third kappa shape index (κ3) is 4.33. The maximum Gasteiger partial charge on any atom is 0.250 e. The van der Waals surface area contributed by atoms with Crippen molar-refractivity contribution in [1.29, 1.82) is 0 Å². The Hall–Kier alpha value is -3.52. The van der Waals surface area contributed by atoms with Crippen molar-refractivity contribution in [3.8, 4) is 11.3 Å². The van der Waals surface area contributed by atoms with Crippen molar-refractivity contribution in [3.05, 3.63) is 65.0 Å². The van der Waals surface area contributed by atoms with E-state index in [-0.39, 0.29) is 24.2 Å². The highest BCUT2D eigenvalue weighted by atomic mass is 32.1. The van der Waals surface area contributed by atoms with Gasteiger partial charge in [-0.1, -0.05) is 42.0 Å². The smallest absolute Gasteiger partial charge is 0.250 e. The highest BCUT2D eigenvalue weighted by Crippen LogP contribution is 2.26. The molecule has 0 spiro atoms. The number of aromatic nitrogens is 3. The monoisotopic (exact) mass is 405 g/mol. The van der Waals surface area contributed by atoms with Crippen LogP contribution < -0.4 is 10.6 Å². The zero-order valence-electron chi connectivity index (χ0n) is 16.0. The van der Waals surface area contributed by atoms with Gasteiger partial charge in [0.25, 0.3) is 0 Å². The molecular weight excluding hydrogens is 386 g/mol. The molecule has 0 saturated heterocycles. The molecule has 7 nitrogen and oxygen atoms in total. The number of hydrogen-bond acceptors (Lipinski definition) is 5. The Balaban J connectivity index is 1.46. The Morgan fingerprint density at radius 3 is 2.45 bits per heavy atom. The van der Waals surface area contributed by atoms with Crippen LogP contribution in [0.5, 0.6) is 0 Å². The minimum Gasteiger partial charge on any atom is -0.326 e. The van der Waals surface area contributed by atoms with Crippen LogP contribution in [0.2, 0.25) is 0 Å². The van der Waals surface area contributed by atoms with Gasteiger partial charge in [0.05, 0.1) is 12.1 Å². The lowest BCUT2D eigenvalue weighted by Gasteiger charge is -2.04. The molecule has 0 bridgehead atoms. The van der Waals surface area contributed by atoms with E-state index in [0.29, 0.717) is 5.69 Å². The molecule has 2 N–H and O–H groups in total. The molecule has 2 aromatic heterocycles. The van der Waals surface area contributed by atoms with E-state index in [1.807, 2.05) is 24.4 Å². The van der Waals surface area contributed by atoms with Crippen LogP contribution >= 0.6 is 11.3 Å². The van der Waals surface area contributed by atoms with E-state index in [1.165, 1.54) is 23.8 Å². The molecule has 2 amide bonds. The first kappa shape index (κ1) is 18.8. The Morgan fingerprint density at radius 2 is 1.76 bits per heavy atom. The van der Waals surface area contributed by atoms with Crippen molar-refractivity contribution in [3.63, 3.8) is 0 Å². The summed E-state index contributed by atoms with van der Waals surface area (Å²) in [5.74, 6) is -0.0520. The number of nitrogens with one attached hydrogen (secondary N) is 2. The molecule has 2 aromatic carbocycles. The fourth-order valence-electron chi connectivity index (χ4n) is 2.92. The molecule has 0 radical (unpaired) electrons. The summed E-state index contributed by atoms with van der Waals surface area (Å²) in [5, 5.41) is 11.9. The van der Waals surface area contributed by atoms with Gasteiger partial charge in [0.1, 0.15) is 0 Å². The standard InChI is InChI=1S/C21H19N5O2S/c1-13-3-7-16(8-4-13)18-12-29-21-24-20(25-26(18)21)23-19(28)11-15-5-9-17(10-6-15)22-14(2)27/h3-10,12H,11H2,1-2H3,(H,22,27)(H,23,25,28). The van der Waals surface area contributed by atoms with Crippen molar-refractivity contribution in [2.45, 2.75) is 20.3 Å². The van der Waals surface area contributed by atoms with Gasteiger partial charge in [0.15, 0.2) is 0 Å². The summed E-state index contributed by atoms with van der Waals surface area (Å²) in [4.78, 5) is 28.6. The van der Waals surface area contributed by atoms with Crippen molar-refractivity contribution in [2.24, 2.45) is 0 Å². The number of thiazole rings is 1. The fourth-order valence-corrected chi connectivity index (χ4v) is 3.75. The Labute approximate surface area is 171 Å². The number of carbonyl (C=O) groups is 2. The minimum absolute atomic E-state index is 0.133. The lowest BCUT2D eigenvalue weighted by molar-refractivity contribution is -0.116. The molecule has 8 heteroatoms. The quantitative estimate of drug-likeness (QED) is 0.527. The lowest BCUT2D eigenvalue weighted by atomic mass is 10.1. The number of carbonyl (C=O) groups excluding carboxylic acids is 2. The summed E-state index contributed by atoms with van der Waals surface area (Å²) < 4.78 is 1.74. The molecule has 4 aromatic rings. The van der Waals surface area contributed by atoms with Gasteiger partial charge in [-0.3, -0.25) is 14.9 Å². The van der Waals surface area contributed by atoms with Crippen LogP contribution in [0.1, 0.15) is 18.1 Å². The average molecular weight is 405 g/mol. The van der Waals surface area contributed by atoms with Crippen LogP contribution in [-0.4, -0.2) is 26.4 Å². The van der Waals surface area contributed by atoms with Crippen molar-refractivity contribution in [1.82, 2.24) is 14.6 Å². The van der Waals surface area contributed by atoms with Gasteiger partial charge in [-0.05, 0) is 24.6 Å². The van der Waals surface area contributed by atoms with E-state index in [0.717, 1.165) is 21.8 Å². The number of aryl methyl sites for hydroxylation is 1. The van der Waals surface area contributed by atoms with E-state index in [2.05, 4.69) is 32.8 Å². The summed E-state index contributed by atoms with van der Waals surface area (Å²) >= 11 is 1.47. The maximum absolute atomic E-state index is 12.4. The lowest BCUT2D eigenvalue weighted by Crippen LogP contribution is -2.15. The Morgan fingerprint density at radius 1 is 1.03 bits per heavy atom. The molecule has 0 saturated carbocycles. The second-order valence-corrected chi connectivity index (χ2v) is 7.56. The first-order chi connectivity index (χ1) is 14.0. The molecule has 0 aliphatic rings. The summed E-state index contributed by atoms with van der Waals surface area (Å²) in [6.07, 6.45) is 0.192. The SMILES string of the molecule is CC(=O)Nc1ccc(CC(=O)Nc2nc3scc(-c4ccc(C)cc4)n3n2)cc1. The zero-order chi connectivity index (χ0) is 20.4. The summed E-state index contributed by atoms with van der Waals surface area (Å²) in [7, 11) is 0. The fraction of sp³-hybridized carbons (Fsp3) is 0.143. The number of amides is 2. The molecule has 2 heterocycles. The van der Waals surface area contributed by atoms with Gasteiger partial charge in [-0.2, -0.15) is 4.98 Å². The summed E-state index contributed by atoms with van der Waals surface area (Å²) in [5.41, 5.74) is 4.70. The number of nitrogens with zero attached hydrogens (tertiary/aromatic N) is 3. The van der Waals surface area contributed by atoms with E-state index < -0.39 is 0 Å². The predicted molar refractivity (Wildman–Crippen MR) is 114 cm³/mol. The van der Waals surface area contributed by atoms with Gasteiger partial charge < -0.3 is 5.32 Å². The number of fused-ring (bicyclic) bond motifs is 1. The first-order valence-corrected chi connectivity index (χ1v) is 9.93. The first-order valence-electron chi connectivity index (χ1n) is 9.05. The number of benzene rings is 2. The van der Waals surface area contributed by atoms with Gasteiger partial charge in [-0.15, -0.1) is 16.4 Å². The Kier molecular flexibility index (Phi) is 5.09. The molecule has 146 valence electrons. The molecule has 4 rings (SSSR count). The van der Waals surface area contributed by atoms with Crippen LogP contribution in [-0.2, 0) is 16.0 Å². The predicted octanol–water partition coefficient (Wildman–Crippen LogP) is 3.91. The molecule has 0 unspecified atom stereocenters.